The molecule has 0 aliphatic heterocycles. The molecule has 0 saturated carbocycles. The molecule has 0 fully saturated rings. The Morgan fingerprint density at radius 2 is 0.894 bits per heavy atom. The van der Waals surface area contributed by atoms with Crippen molar-refractivity contribution in [1.29, 1.82) is 5.26 Å². The van der Waals surface area contributed by atoms with Crippen LogP contribution in [0.1, 0.15) is 276 Å². The fraction of sp³-hybridized carbons (Fsp3) is 0.659. The summed E-state index contributed by atoms with van der Waals surface area (Å²) in [5.74, 6) is 2.55. The van der Waals surface area contributed by atoms with Gasteiger partial charge < -0.3 is 4.90 Å². The molecule has 19 heteroatoms. The lowest BCUT2D eigenvalue weighted by molar-refractivity contribution is -0.124. The van der Waals surface area contributed by atoms with Crippen LogP contribution in [0.15, 0.2) is 94.5 Å². The number of carbonyl (C=O) groups excluding carboxylic acids is 12. The highest BCUT2D eigenvalue weighted by atomic mass is 35.5. The van der Waals surface area contributed by atoms with E-state index in [0.29, 0.717) is 49.5 Å². The molecule has 0 spiro atoms. The second kappa shape index (κ2) is 69.6. The fourth-order valence-corrected chi connectivity index (χ4v) is 7.76. The molecule has 0 N–H and O–H groups in total. The summed E-state index contributed by atoms with van der Waals surface area (Å²) in [6.07, 6.45) is 28.3. The number of alkyl halides is 2. The lowest BCUT2D eigenvalue weighted by Crippen LogP contribution is -2.13. The highest BCUT2D eigenvalue weighted by molar-refractivity contribution is 7.94. The second-order valence-electron chi connectivity index (χ2n) is 28.9. The third-order valence-electron chi connectivity index (χ3n) is 14.4. The van der Waals surface area contributed by atoms with Crippen molar-refractivity contribution in [2.24, 2.45) is 53.3 Å². The van der Waals surface area contributed by atoms with Gasteiger partial charge in [0.15, 0.2) is 56.1 Å². The third kappa shape index (κ3) is 73.9. The number of nitrogens with zero attached hydrogens (tertiary/aromatic N) is 2. The molecule has 0 saturated heterocycles. The minimum atomic E-state index is -2.97. The molecular formula is C85H142ClFN2O14S. The van der Waals surface area contributed by atoms with Crippen LogP contribution < -0.4 is 0 Å². The van der Waals surface area contributed by atoms with Gasteiger partial charge in [-0.3, -0.25) is 57.5 Å². The first-order valence-electron chi connectivity index (χ1n) is 37.0. The smallest absolute Gasteiger partial charge is 0.173 e. The number of carbonyl (C=O) groups is 12. The number of hydrogen-bond donors (Lipinski definition) is 0. The quantitative estimate of drug-likeness (QED) is 0.0478. The average molecular weight is 1500 g/mol. The van der Waals surface area contributed by atoms with E-state index < -0.39 is 16.5 Å². The molecule has 16 nitrogen and oxygen atoms in total. The average Bonchev–Trinajstić information content (AvgIpc) is 0.931. The number of Topliss-reactive ketones (excluding diaryl/α,β-unsaturated/α-hetero) is 8. The first kappa shape index (κ1) is 113. The van der Waals surface area contributed by atoms with Gasteiger partial charge in [0.2, 0.25) is 0 Å². The van der Waals surface area contributed by atoms with E-state index in [1.165, 1.54) is 25.3 Å². The van der Waals surface area contributed by atoms with E-state index >= 15 is 0 Å². The van der Waals surface area contributed by atoms with Crippen molar-refractivity contribution in [3.8, 4) is 6.07 Å². The molecule has 104 heavy (non-hydrogen) atoms. The van der Waals surface area contributed by atoms with Crippen LogP contribution in [0.25, 0.3) is 0 Å². The monoisotopic (exact) mass is 1500 g/mol. The topological polar surface area (TPSA) is 266 Å². The zero-order chi connectivity index (χ0) is 83.2. The predicted octanol–water partition coefficient (Wildman–Crippen LogP) is 19.6. The van der Waals surface area contributed by atoms with Crippen LogP contribution in [0.2, 0.25) is 0 Å². The Hall–Kier alpha value is -6.42. The maximum absolute atomic E-state index is 11.4. The molecule has 0 aromatic heterocycles. The Kier molecular flexibility index (Phi) is 75.9. The molecule has 0 radical (unpaired) electrons. The zero-order valence-corrected chi connectivity index (χ0v) is 71.3. The summed E-state index contributed by atoms with van der Waals surface area (Å²) in [5, 5.41) is 8.67. The van der Waals surface area contributed by atoms with E-state index in [1.807, 2.05) is 163 Å². The zero-order valence-electron chi connectivity index (χ0n) is 69.8. The van der Waals surface area contributed by atoms with Gasteiger partial charge in [-0.15, -0.1) is 11.6 Å². The number of hydrogen-bond acceptors (Lipinski definition) is 16. The van der Waals surface area contributed by atoms with Crippen molar-refractivity contribution in [2.45, 2.75) is 282 Å². The standard InChI is InChI=1S/C11H18O2.C10H16O2.C10H16O.C9H14O.C8H15NO.C8H12O.C8H14O.C6H9NO.C5H9ClO.C5H9FO.C5H10O2S/c1-8(2)7-10(12)5-6-11(13)9(3)4;1-4-5-9(11)6-7-10(12)8(2)3;1-8(2)10(11)9-6-4-3-5-7-9;1-7(2)9(10)8-5-3-4-6-8;1-4-8(10)6-5-7-9(2)3;1-6(2)8(9)7-4-3-5-7;1-6(2)5-8(9)7(3)4;1-5(2)6(8)3-4-7;2*1-4(2)5(7)3-6;1-4-8(6,7)5(2)3/h7,9H,5-6H2,1-4H3;4-5,8H,6-7H2,1-3H3;6,8H,3-5,7H2,1-2H3;5,7H,3-4,6H2,1-2H3;5-6H,4,7H2,1-3H3;4,6H,3,5H2,1-2H3;5,7H,1-4H3;5H,3H2,1-2H3;2*4H,3H2,1-2H3;4-5H,1H2,2-3H3/b;5-4+;;;6-5+;;;;;;. The lowest BCUT2D eigenvalue weighted by Gasteiger charge is -2.14. The molecule has 3 aliphatic rings. The Morgan fingerprint density at radius 3 is 1.11 bits per heavy atom. The van der Waals surface area contributed by atoms with E-state index in [9.17, 15) is 70.3 Å². The van der Waals surface area contributed by atoms with Gasteiger partial charge in [-0.25, -0.2) is 12.8 Å². The number of likely N-dealkylation sites (N-methyl/N-ethyl adjacent to an activating group) is 1. The van der Waals surface area contributed by atoms with Crippen LogP contribution in [-0.2, 0) is 67.4 Å². The number of nitriles is 1. The van der Waals surface area contributed by atoms with Gasteiger partial charge in [0.25, 0.3) is 0 Å². The lowest BCUT2D eigenvalue weighted by atomic mass is 9.90. The fourth-order valence-electron chi connectivity index (χ4n) is 7.06. The molecule has 3 rings (SSSR count). The van der Waals surface area contributed by atoms with E-state index in [1.54, 1.807) is 78.8 Å². The first-order valence-corrected chi connectivity index (χ1v) is 39.1. The van der Waals surface area contributed by atoms with Gasteiger partial charge in [-0.05, 0) is 161 Å². The van der Waals surface area contributed by atoms with Crippen LogP contribution >= 0.6 is 11.6 Å². The van der Waals surface area contributed by atoms with Crippen molar-refractivity contribution in [1.82, 2.24) is 4.90 Å². The minimum absolute atomic E-state index is 0.00894. The molecule has 0 heterocycles. The maximum atomic E-state index is 11.4. The summed E-state index contributed by atoms with van der Waals surface area (Å²) in [4.78, 5) is 133. The highest BCUT2D eigenvalue weighted by Gasteiger charge is 2.19. The summed E-state index contributed by atoms with van der Waals surface area (Å²) in [6, 6.07) is 1.80. The molecule has 0 amide bonds. The van der Waals surface area contributed by atoms with Crippen LogP contribution in [0.5, 0.6) is 0 Å². The predicted molar refractivity (Wildman–Crippen MR) is 431 cm³/mol. The van der Waals surface area contributed by atoms with Crippen LogP contribution in [0, 0.1) is 64.6 Å². The summed E-state index contributed by atoms with van der Waals surface area (Å²) in [5.41, 5.74) is 5.25. The second-order valence-corrected chi connectivity index (χ2v) is 31.6. The Balaban J connectivity index is -0.000000163. The summed E-state index contributed by atoms with van der Waals surface area (Å²) >= 11 is 5.20. The number of halogens is 2. The van der Waals surface area contributed by atoms with E-state index in [4.69, 9.17) is 16.9 Å². The summed E-state index contributed by atoms with van der Waals surface area (Å²) < 4.78 is 32.4. The third-order valence-corrected chi connectivity index (χ3v) is 16.5. The molecular weight excluding hydrogens is 1360 g/mol. The summed E-state index contributed by atoms with van der Waals surface area (Å²) in [6.45, 7) is 51.3. The van der Waals surface area contributed by atoms with Crippen molar-refractivity contribution < 1.29 is 70.3 Å². The van der Waals surface area contributed by atoms with Gasteiger partial charge in [-0.2, -0.15) is 5.26 Å². The van der Waals surface area contributed by atoms with Crippen molar-refractivity contribution in [3.05, 3.63) is 94.5 Å². The van der Waals surface area contributed by atoms with E-state index in [2.05, 4.69) is 18.7 Å². The molecule has 0 atom stereocenters. The van der Waals surface area contributed by atoms with E-state index in [0.717, 1.165) is 78.3 Å². The number of rotatable bonds is 30. The Bertz CT molecular complexity index is 2930. The maximum Gasteiger partial charge on any atom is 0.173 e. The highest BCUT2D eigenvalue weighted by Crippen LogP contribution is 2.23. The van der Waals surface area contributed by atoms with Crippen molar-refractivity contribution in [3.63, 3.8) is 0 Å². The van der Waals surface area contributed by atoms with Gasteiger partial charge >= 0.3 is 0 Å². The van der Waals surface area contributed by atoms with Gasteiger partial charge in [0.05, 0.1) is 23.6 Å². The normalized spacial score (nSPS) is 12.4. The molecule has 0 unspecified atom stereocenters. The van der Waals surface area contributed by atoms with Crippen LogP contribution in [0.4, 0.5) is 4.39 Å². The molecule has 0 aromatic rings. The van der Waals surface area contributed by atoms with Gasteiger partial charge in [0.1, 0.15) is 29.8 Å². The Labute approximate surface area is 636 Å². The summed E-state index contributed by atoms with van der Waals surface area (Å²) in [7, 11) is 0.974. The number of allylic oxidation sites excluding steroid dienone is 13. The van der Waals surface area contributed by atoms with Crippen molar-refractivity contribution >= 4 is 90.8 Å². The number of sulfone groups is 1. The largest absolute Gasteiger partial charge is 0.306 e. The van der Waals surface area contributed by atoms with E-state index in [-0.39, 0.29) is 123 Å². The number of ketones is 12. The molecule has 3 aliphatic carbocycles. The Morgan fingerprint density at radius 1 is 0.510 bits per heavy atom. The van der Waals surface area contributed by atoms with Crippen LogP contribution in [0.3, 0.4) is 0 Å². The van der Waals surface area contributed by atoms with Crippen LogP contribution in [-0.4, -0.2) is 121 Å². The van der Waals surface area contributed by atoms with Gasteiger partial charge in [0, 0.05) is 97.3 Å². The van der Waals surface area contributed by atoms with Crippen molar-refractivity contribution in [2.75, 3.05) is 33.2 Å². The molecule has 0 aromatic carbocycles. The molecule has 0 bridgehead atoms. The SMILES string of the molecule is C/C=C/C(=O)CCC(=O)C(C)C.C=CS(=O)(=O)C(C)C.CC(C)=CC(=O)C(C)C.CC(C)=CC(=O)CCC(=O)C(C)C.CC(C)C(=O)C1=CCC1.CC(C)C(=O)C1=CCCC1.CC(C)C(=O)C1=CCCCC1.CC(C)C(=O)CC#N.CC(C)C(=O)CCl.CC(C)C(=O)CF.CCC(=O)/C=C/CN(C)C. The van der Waals surface area contributed by atoms with Gasteiger partial charge in [-0.1, -0.05) is 180 Å². The minimum Gasteiger partial charge on any atom is -0.306 e. The molecule has 596 valence electrons. The first-order chi connectivity index (χ1) is 47.9.